The van der Waals surface area contributed by atoms with Crippen LogP contribution in [0.1, 0.15) is 0 Å². The Kier molecular flexibility index (Phi) is 3.02. The van der Waals surface area contributed by atoms with Crippen molar-refractivity contribution < 1.29 is 5.11 Å². The number of aliphatic hydroxyl groups is 1. The minimum absolute atomic E-state index is 0.0631. The molecule has 1 atom stereocenters. The van der Waals surface area contributed by atoms with Crippen LogP contribution in [0.25, 0.3) is 0 Å². The maximum atomic E-state index is 8.40. The van der Waals surface area contributed by atoms with Crippen molar-refractivity contribution >= 4 is 0 Å². The van der Waals surface area contributed by atoms with E-state index in [0.717, 1.165) is 0 Å². The van der Waals surface area contributed by atoms with Gasteiger partial charge >= 0.3 is 0 Å². The molecule has 0 bridgehead atoms. The fourth-order valence-corrected chi connectivity index (χ4v) is 0.133. The smallest absolute Gasteiger partial charge is 0.178 e. The summed E-state index contributed by atoms with van der Waals surface area (Å²) in [5.41, 5.74) is 4.89. The molecular formula is C3H7N3O. The van der Waals surface area contributed by atoms with Crippen LogP contribution in [-0.4, -0.2) is 17.9 Å². The fraction of sp³-hybridized carbons (Fsp3) is 0.667. The quantitative estimate of drug-likeness (QED) is 0.221. The summed E-state index contributed by atoms with van der Waals surface area (Å²) in [7, 11) is 0. The molecule has 0 aliphatic heterocycles. The van der Waals surface area contributed by atoms with Gasteiger partial charge in [0.1, 0.15) is 6.23 Å². The number of hydrogen-bond acceptors (Lipinski definition) is 4. The number of nitrogens with two attached hydrogens (primary N) is 1. The summed E-state index contributed by atoms with van der Waals surface area (Å²) in [4.78, 5) is 0. The molecule has 7 heavy (non-hydrogen) atoms. The van der Waals surface area contributed by atoms with Gasteiger partial charge in [0.2, 0.25) is 0 Å². The van der Waals surface area contributed by atoms with Crippen molar-refractivity contribution in [2.45, 2.75) is 6.23 Å². The molecule has 0 radical (unpaired) electrons. The number of hydrogen-bond donors (Lipinski definition) is 3. The van der Waals surface area contributed by atoms with Gasteiger partial charge in [0, 0.05) is 6.54 Å². The number of aliphatic hydroxyl groups excluding tert-OH is 1. The molecule has 0 heterocycles. The molecule has 0 fully saturated rings. The Hall–Kier alpha value is -0.790. The van der Waals surface area contributed by atoms with Gasteiger partial charge in [-0.25, -0.2) is 0 Å². The summed E-state index contributed by atoms with van der Waals surface area (Å²) in [6.07, 6.45) is 0.654. The zero-order valence-corrected chi connectivity index (χ0v) is 3.76. The van der Waals surface area contributed by atoms with Gasteiger partial charge in [0.15, 0.2) is 6.19 Å². The standard InChI is InChI=1S/C3H7N3O/c4-1-3(7)6-2-5/h3,6-7H,1,4H2. The molecule has 0 aromatic carbocycles. The molecule has 0 aliphatic carbocycles. The van der Waals surface area contributed by atoms with E-state index in [1.165, 1.54) is 6.19 Å². The lowest BCUT2D eigenvalue weighted by Gasteiger charge is -2.00. The van der Waals surface area contributed by atoms with E-state index in [1.807, 2.05) is 5.32 Å². The zero-order chi connectivity index (χ0) is 5.70. The Morgan fingerprint density at radius 1 is 2.00 bits per heavy atom. The lowest BCUT2D eigenvalue weighted by Crippen LogP contribution is -2.32. The van der Waals surface area contributed by atoms with Crippen LogP contribution in [0, 0.1) is 11.5 Å². The summed E-state index contributed by atoms with van der Waals surface area (Å²) in [5, 5.41) is 18.2. The second-order valence-electron chi connectivity index (χ2n) is 1.01. The van der Waals surface area contributed by atoms with Crippen LogP contribution in [0.2, 0.25) is 0 Å². The van der Waals surface area contributed by atoms with E-state index in [4.69, 9.17) is 16.1 Å². The van der Waals surface area contributed by atoms with Crippen molar-refractivity contribution in [1.82, 2.24) is 5.32 Å². The van der Waals surface area contributed by atoms with Crippen molar-refractivity contribution in [3.05, 3.63) is 0 Å². The van der Waals surface area contributed by atoms with Gasteiger partial charge in [0.05, 0.1) is 0 Å². The largest absolute Gasteiger partial charge is 0.372 e. The highest BCUT2D eigenvalue weighted by molar-refractivity contribution is 4.67. The molecule has 0 saturated carbocycles. The number of nitriles is 1. The predicted molar refractivity (Wildman–Crippen MR) is 23.8 cm³/mol. The van der Waals surface area contributed by atoms with E-state index >= 15 is 0 Å². The van der Waals surface area contributed by atoms with Crippen LogP contribution < -0.4 is 11.1 Å². The monoisotopic (exact) mass is 101 g/mol. The molecule has 0 saturated heterocycles. The summed E-state index contributed by atoms with van der Waals surface area (Å²) >= 11 is 0. The van der Waals surface area contributed by atoms with E-state index in [0.29, 0.717) is 0 Å². The molecule has 4 N–H and O–H groups in total. The average molecular weight is 101 g/mol. The molecular weight excluding hydrogens is 94.1 g/mol. The van der Waals surface area contributed by atoms with Gasteiger partial charge in [-0.05, 0) is 0 Å². The van der Waals surface area contributed by atoms with E-state index in [-0.39, 0.29) is 6.54 Å². The van der Waals surface area contributed by atoms with Crippen molar-refractivity contribution in [2.24, 2.45) is 5.73 Å². The molecule has 0 aliphatic rings. The van der Waals surface area contributed by atoms with Crippen molar-refractivity contribution in [3.63, 3.8) is 0 Å². The number of nitrogens with zero attached hydrogens (tertiary/aromatic N) is 1. The molecule has 0 spiro atoms. The summed E-state index contributed by atoms with van der Waals surface area (Å²) < 4.78 is 0. The Labute approximate surface area is 41.5 Å². The summed E-state index contributed by atoms with van der Waals surface area (Å²) in [6, 6.07) is 0. The first kappa shape index (κ1) is 6.21. The highest BCUT2D eigenvalue weighted by Gasteiger charge is 1.92. The lowest BCUT2D eigenvalue weighted by molar-refractivity contribution is 0.164. The molecule has 4 nitrogen and oxygen atoms in total. The number of rotatable bonds is 2. The van der Waals surface area contributed by atoms with Gasteiger partial charge in [-0.1, -0.05) is 0 Å². The zero-order valence-electron chi connectivity index (χ0n) is 3.76. The maximum Gasteiger partial charge on any atom is 0.178 e. The van der Waals surface area contributed by atoms with Gasteiger partial charge < -0.3 is 10.8 Å². The highest BCUT2D eigenvalue weighted by atomic mass is 16.3. The lowest BCUT2D eigenvalue weighted by atomic mass is 10.6. The van der Waals surface area contributed by atoms with Crippen LogP contribution in [0.5, 0.6) is 0 Å². The van der Waals surface area contributed by atoms with E-state index in [1.54, 1.807) is 0 Å². The molecule has 40 valence electrons. The molecule has 1 unspecified atom stereocenters. The normalized spacial score (nSPS) is 12.1. The van der Waals surface area contributed by atoms with Crippen molar-refractivity contribution in [1.29, 1.82) is 5.26 Å². The average Bonchev–Trinajstić information content (AvgIpc) is 1.68. The van der Waals surface area contributed by atoms with Crippen LogP contribution in [0.4, 0.5) is 0 Å². The molecule has 4 heteroatoms. The first-order valence-electron chi connectivity index (χ1n) is 1.84. The van der Waals surface area contributed by atoms with Gasteiger partial charge in [-0.15, -0.1) is 0 Å². The van der Waals surface area contributed by atoms with Crippen LogP contribution in [0.3, 0.4) is 0 Å². The molecule has 0 aromatic heterocycles. The molecule has 0 amide bonds. The van der Waals surface area contributed by atoms with Gasteiger partial charge in [-0.2, -0.15) is 5.26 Å². The van der Waals surface area contributed by atoms with E-state index in [2.05, 4.69) is 0 Å². The summed E-state index contributed by atoms with van der Waals surface area (Å²) in [5.74, 6) is 0. The third-order valence-corrected chi connectivity index (χ3v) is 0.454. The van der Waals surface area contributed by atoms with E-state index < -0.39 is 6.23 Å². The van der Waals surface area contributed by atoms with E-state index in [9.17, 15) is 0 Å². The Bertz CT molecular complexity index is 76.7. The second kappa shape index (κ2) is 3.40. The third kappa shape index (κ3) is 3.03. The Morgan fingerprint density at radius 2 is 2.57 bits per heavy atom. The summed E-state index contributed by atoms with van der Waals surface area (Å²) in [6.45, 7) is 0.0631. The Morgan fingerprint density at radius 3 is 2.71 bits per heavy atom. The maximum absolute atomic E-state index is 8.40. The SMILES string of the molecule is N#CNC(O)CN. The first-order valence-corrected chi connectivity index (χ1v) is 1.84. The van der Waals surface area contributed by atoms with Crippen molar-refractivity contribution in [2.75, 3.05) is 6.54 Å². The minimum Gasteiger partial charge on any atom is -0.372 e. The van der Waals surface area contributed by atoms with Crippen LogP contribution in [0.15, 0.2) is 0 Å². The third-order valence-electron chi connectivity index (χ3n) is 0.454. The molecule has 0 aromatic rings. The number of nitrogens with one attached hydrogen (secondary N) is 1. The topological polar surface area (TPSA) is 82.1 Å². The Balaban J connectivity index is 3.03. The second-order valence-corrected chi connectivity index (χ2v) is 1.01. The van der Waals surface area contributed by atoms with Gasteiger partial charge in [0.25, 0.3) is 0 Å². The van der Waals surface area contributed by atoms with Gasteiger partial charge in [-0.3, -0.25) is 5.32 Å². The van der Waals surface area contributed by atoms with Crippen molar-refractivity contribution in [3.8, 4) is 6.19 Å². The first-order chi connectivity index (χ1) is 3.31. The fourth-order valence-electron chi connectivity index (χ4n) is 0.133. The van der Waals surface area contributed by atoms with Crippen LogP contribution >= 0.6 is 0 Å². The predicted octanol–water partition coefficient (Wildman–Crippen LogP) is -1.67. The minimum atomic E-state index is -0.884. The molecule has 0 rings (SSSR count). The van der Waals surface area contributed by atoms with Crippen LogP contribution in [-0.2, 0) is 0 Å². The highest BCUT2D eigenvalue weighted by Crippen LogP contribution is 1.63.